The molecule has 0 heterocycles. The molecule has 0 aliphatic carbocycles. The smallest absolute Gasteiger partial charge is 0.228 e. The Morgan fingerprint density at radius 1 is 1.16 bits per heavy atom. The first kappa shape index (κ1) is 13.2. The number of rotatable bonds is 4. The van der Waals surface area contributed by atoms with E-state index in [1.807, 2.05) is 0 Å². The van der Waals surface area contributed by atoms with Crippen molar-refractivity contribution in [3.8, 4) is 0 Å². The molecule has 98 valence electrons. The lowest BCUT2D eigenvalue weighted by molar-refractivity contribution is -0.115. The molecule has 4 heteroatoms. The number of halogens is 1. The summed E-state index contributed by atoms with van der Waals surface area (Å²) in [6.45, 7) is -0.142. The van der Waals surface area contributed by atoms with Gasteiger partial charge in [-0.3, -0.25) is 4.79 Å². The van der Waals surface area contributed by atoms with Gasteiger partial charge in [0.2, 0.25) is 5.91 Å². The summed E-state index contributed by atoms with van der Waals surface area (Å²) >= 11 is 0. The highest BCUT2D eigenvalue weighted by atomic mass is 19.1. The van der Waals surface area contributed by atoms with Gasteiger partial charge in [0.05, 0.1) is 13.0 Å². The second kappa shape index (κ2) is 6.11. The van der Waals surface area contributed by atoms with E-state index < -0.39 is 0 Å². The zero-order valence-electron chi connectivity index (χ0n) is 10.3. The van der Waals surface area contributed by atoms with Gasteiger partial charge in [0.1, 0.15) is 5.82 Å². The van der Waals surface area contributed by atoms with Gasteiger partial charge in [-0.25, -0.2) is 4.39 Å². The lowest BCUT2D eigenvalue weighted by Gasteiger charge is -2.09. The fraction of sp³-hybridized carbons (Fsp3) is 0.133. The van der Waals surface area contributed by atoms with E-state index in [0.717, 1.165) is 0 Å². The van der Waals surface area contributed by atoms with E-state index in [0.29, 0.717) is 16.8 Å². The maximum absolute atomic E-state index is 13.0. The van der Waals surface area contributed by atoms with Crippen molar-refractivity contribution in [3.63, 3.8) is 0 Å². The number of hydrogen-bond donors (Lipinski definition) is 2. The van der Waals surface area contributed by atoms with Crippen molar-refractivity contribution in [2.24, 2.45) is 0 Å². The molecule has 0 spiro atoms. The largest absolute Gasteiger partial charge is 0.392 e. The van der Waals surface area contributed by atoms with Crippen molar-refractivity contribution in [2.45, 2.75) is 13.0 Å². The third kappa shape index (κ3) is 3.63. The standard InChI is InChI=1S/C15H14FNO2/c16-13-6-3-4-11(8-13)9-15(19)17-14-7-2-1-5-12(14)10-18/h1-8,18H,9-10H2,(H,17,19). The lowest BCUT2D eigenvalue weighted by atomic mass is 10.1. The van der Waals surface area contributed by atoms with Crippen molar-refractivity contribution >= 4 is 11.6 Å². The van der Waals surface area contributed by atoms with Crippen LogP contribution < -0.4 is 5.32 Å². The molecule has 0 atom stereocenters. The molecule has 2 rings (SSSR count). The molecule has 0 saturated heterocycles. The molecule has 1 amide bonds. The summed E-state index contributed by atoms with van der Waals surface area (Å²) in [6.07, 6.45) is 0.0948. The molecule has 0 aliphatic heterocycles. The molecule has 0 bridgehead atoms. The highest BCUT2D eigenvalue weighted by Crippen LogP contribution is 2.15. The van der Waals surface area contributed by atoms with Gasteiger partial charge in [-0.1, -0.05) is 30.3 Å². The van der Waals surface area contributed by atoms with Crippen molar-refractivity contribution in [2.75, 3.05) is 5.32 Å². The first-order valence-electron chi connectivity index (χ1n) is 5.92. The lowest BCUT2D eigenvalue weighted by Crippen LogP contribution is -2.15. The number of amides is 1. The molecule has 0 saturated carbocycles. The van der Waals surface area contributed by atoms with E-state index in [-0.39, 0.29) is 24.8 Å². The second-order valence-electron chi connectivity index (χ2n) is 4.17. The van der Waals surface area contributed by atoms with Crippen LogP contribution in [0.4, 0.5) is 10.1 Å². The van der Waals surface area contributed by atoms with Gasteiger partial charge in [0.15, 0.2) is 0 Å². The van der Waals surface area contributed by atoms with Gasteiger partial charge in [0.25, 0.3) is 0 Å². The van der Waals surface area contributed by atoms with Gasteiger partial charge in [-0.15, -0.1) is 0 Å². The Morgan fingerprint density at radius 2 is 1.95 bits per heavy atom. The van der Waals surface area contributed by atoms with Gasteiger partial charge >= 0.3 is 0 Å². The predicted molar refractivity (Wildman–Crippen MR) is 71.1 cm³/mol. The van der Waals surface area contributed by atoms with Crippen LogP contribution in [-0.4, -0.2) is 11.0 Å². The van der Waals surface area contributed by atoms with Crippen molar-refractivity contribution in [3.05, 3.63) is 65.5 Å². The van der Waals surface area contributed by atoms with Crippen LogP contribution >= 0.6 is 0 Å². The zero-order valence-corrected chi connectivity index (χ0v) is 10.3. The number of carbonyl (C=O) groups is 1. The minimum Gasteiger partial charge on any atom is -0.392 e. The Hall–Kier alpha value is -2.20. The van der Waals surface area contributed by atoms with E-state index in [9.17, 15) is 9.18 Å². The Balaban J connectivity index is 2.05. The molecule has 19 heavy (non-hydrogen) atoms. The Morgan fingerprint density at radius 3 is 2.68 bits per heavy atom. The minimum absolute atomic E-state index is 0.0948. The molecule has 0 aliphatic rings. The van der Waals surface area contributed by atoms with E-state index >= 15 is 0 Å². The van der Waals surface area contributed by atoms with E-state index in [1.54, 1.807) is 36.4 Å². The molecule has 0 unspecified atom stereocenters. The van der Waals surface area contributed by atoms with Crippen LogP contribution in [0.1, 0.15) is 11.1 Å². The molecule has 2 aromatic rings. The Bertz CT molecular complexity index is 584. The number of carbonyl (C=O) groups excluding carboxylic acids is 1. The fourth-order valence-corrected chi connectivity index (χ4v) is 1.81. The van der Waals surface area contributed by atoms with Gasteiger partial charge in [0, 0.05) is 11.3 Å². The van der Waals surface area contributed by atoms with Crippen molar-refractivity contribution in [1.82, 2.24) is 0 Å². The van der Waals surface area contributed by atoms with Crippen LogP contribution in [0.5, 0.6) is 0 Å². The van der Waals surface area contributed by atoms with Gasteiger partial charge in [-0.2, -0.15) is 0 Å². The number of nitrogens with one attached hydrogen (secondary N) is 1. The Labute approximate surface area is 110 Å². The number of anilines is 1. The van der Waals surface area contributed by atoms with Gasteiger partial charge in [-0.05, 0) is 23.8 Å². The SMILES string of the molecule is O=C(Cc1cccc(F)c1)Nc1ccccc1CO. The number of benzene rings is 2. The molecule has 3 nitrogen and oxygen atoms in total. The summed E-state index contributed by atoms with van der Waals surface area (Å²) in [6, 6.07) is 12.9. The summed E-state index contributed by atoms with van der Waals surface area (Å²) in [7, 11) is 0. The van der Waals surface area contributed by atoms with Crippen LogP contribution in [-0.2, 0) is 17.8 Å². The average Bonchev–Trinajstić information content (AvgIpc) is 2.39. The molecule has 2 aromatic carbocycles. The summed E-state index contributed by atoms with van der Waals surface area (Å²) in [5, 5.41) is 11.9. The molecule has 0 fully saturated rings. The molecule has 0 radical (unpaired) electrons. The quantitative estimate of drug-likeness (QED) is 0.886. The first-order chi connectivity index (χ1) is 9.19. The monoisotopic (exact) mass is 259 g/mol. The number of aliphatic hydroxyl groups is 1. The number of aliphatic hydroxyl groups excluding tert-OH is 1. The van der Waals surface area contributed by atoms with Crippen molar-refractivity contribution < 1.29 is 14.3 Å². The summed E-state index contributed by atoms with van der Waals surface area (Å²) in [4.78, 5) is 11.8. The predicted octanol–water partition coefficient (Wildman–Crippen LogP) is 2.50. The maximum atomic E-state index is 13.0. The summed E-state index contributed by atoms with van der Waals surface area (Å²) < 4.78 is 13.0. The normalized spacial score (nSPS) is 10.2. The first-order valence-corrected chi connectivity index (χ1v) is 5.92. The second-order valence-corrected chi connectivity index (χ2v) is 4.17. The van der Waals surface area contributed by atoms with Crippen LogP contribution in [0.3, 0.4) is 0 Å². The Kier molecular flexibility index (Phi) is 4.26. The highest BCUT2D eigenvalue weighted by molar-refractivity contribution is 5.92. The van der Waals surface area contributed by atoms with E-state index in [2.05, 4.69) is 5.32 Å². The third-order valence-corrected chi connectivity index (χ3v) is 2.72. The topological polar surface area (TPSA) is 49.3 Å². The minimum atomic E-state index is -0.360. The average molecular weight is 259 g/mol. The molecular formula is C15H14FNO2. The number of hydrogen-bond acceptors (Lipinski definition) is 2. The zero-order chi connectivity index (χ0) is 13.7. The van der Waals surface area contributed by atoms with Crippen LogP contribution in [0.15, 0.2) is 48.5 Å². The fourth-order valence-electron chi connectivity index (χ4n) is 1.81. The van der Waals surface area contributed by atoms with Crippen molar-refractivity contribution in [1.29, 1.82) is 0 Å². The highest BCUT2D eigenvalue weighted by Gasteiger charge is 2.07. The molecule has 2 N–H and O–H groups in total. The third-order valence-electron chi connectivity index (χ3n) is 2.72. The summed E-state index contributed by atoms with van der Waals surface area (Å²) in [5.74, 6) is -0.604. The van der Waals surface area contributed by atoms with E-state index in [4.69, 9.17) is 5.11 Å². The number of para-hydroxylation sites is 1. The van der Waals surface area contributed by atoms with E-state index in [1.165, 1.54) is 12.1 Å². The summed E-state index contributed by atoms with van der Waals surface area (Å²) in [5.41, 5.74) is 1.83. The van der Waals surface area contributed by atoms with Crippen LogP contribution in [0, 0.1) is 5.82 Å². The molecular weight excluding hydrogens is 245 g/mol. The van der Waals surface area contributed by atoms with Gasteiger partial charge < -0.3 is 10.4 Å². The van der Waals surface area contributed by atoms with Crippen LogP contribution in [0.25, 0.3) is 0 Å². The molecule has 0 aromatic heterocycles. The van der Waals surface area contributed by atoms with Crippen LogP contribution in [0.2, 0.25) is 0 Å². The maximum Gasteiger partial charge on any atom is 0.228 e.